The van der Waals surface area contributed by atoms with Crippen LogP contribution in [0.4, 0.5) is 0 Å². The van der Waals surface area contributed by atoms with Gasteiger partial charge >= 0.3 is 0 Å². The lowest BCUT2D eigenvalue weighted by Crippen LogP contribution is -2.26. The smallest absolute Gasteiger partial charge is 0.119 e. The van der Waals surface area contributed by atoms with Gasteiger partial charge in [-0.1, -0.05) is 31.5 Å². The van der Waals surface area contributed by atoms with Gasteiger partial charge < -0.3 is 9.64 Å². The van der Waals surface area contributed by atoms with Crippen molar-refractivity contribution in [2.45, 2.75) is 27.2 Å². The van der Waals surface area contributed by atoms with Gasteiger partial charge in [0.1, 0.15) is 5.75 Å². The average Bonchev–Trinajstić information content (AvgIpc) is 2.75. The number of benzene rings is 1. The fraction of sp³-hybridized carbons (Fsp3) is 0.625. The number of hydrogen-bond donors (Lipinski definition) is 0. The Morgan fingerprint density at radius 2 is 2.00 bits per heavy atom. The zero-order valence-corrected chi connectivity index (χ0v) is 11.9. The molecule has 18 heavy (non-hydrogen) atoms. The molecular weight excluding hydrogens is 222 g/mol. The molecule has 2 heteroatoms. The fourth-order valence-corrected chi connectivity index (χ4v) is 2.58. The van der Waals surface area contributed by atoms with Crippen LogP contribution in [-0.2, 0) is 0 Å². The highest BCUT2D eigenvalue weighted by atomic mass is 16.5. The van der Waals surface area contributed by atoms with E-state index in [4.69, 9.17) is 4.74 Å². The third kappa shape index (κ3) is 4.02. The van der Waals surface area contributed by atoms with Crippen molar-refractivity contribution < 1.29 is 4.74 Å². The Kier molecular flexibility index (Phi) is 4.65. The average molecular weight is 247 g/mol. The predicted molar refractivity (Wildman–Crippen MR) is 76.1 cm³/mol. The number of ether oxygens (including phenoxy) is 1. The normalized spacial score (nSPS) is 20.6. The summed E-state index contributed by atoms with van der Waals surface area (Å²) in [5.74, 6) is 2.47. The second-order valence-corrected chi connectivity index (χ2v) is 5.93. The van der Waals surface area contributed by atoms with E-state index >= 15 is 0 Å². The standard InChI is InChI=1S/C16H25NO/c1-13(2)10-17-9-8-15(11-17)12-18-16-6-4-14(3)5-7-16/h4-7,13,15H,8-12H2,1-3H3/t15-/m0/s1. The summed E-state index contributed by atoms with van der Waals surface area (Å²) in [6.45, 7) is 11.2. The van der Waals surface area contributed by atoms with Crippen molar-refractivity contribution in [2.75, 3.05) is 26.2 Å². The van der Waals surface area contributed by atoms with E-state index in [0.29, 0.717) is 5.92 Å². The van der Waals surface area contributed by atoms with E-state index < -0.39 is 0 Å². The topological polar surface area (TPSA) is 12.5 Å². The maximum Gasteiger partial charge on any atom is 0.119 e. The first-order valence-corrected chi connectivity index (χ1v) is 7.05. The van der Waals surface area contributed by atoms with Crippen molar-refractivity contribution in [1.29, 1.82) is 0 Å². The van der Waals surface area contributed by atoms with Crippen LogP contribution in [0.15, 0.2) is 24.3 Å². The summed E-state index contributed by atoms with van der Waals surface area (Å²) in [6.07, 6.45) is 1.28. The molecule has 1 saturated heterocycles. The van der Waals surface area contributed by atoms with E-state index in [0.717, 1.165) is 18.3 Å². The largest absolute Gasteiger partial charge is 0.493 e. The molecule has 0 spiro atoms. The molecule has 0 amide bonds. The number of aryl methyl sites for hydroxylation is 1. The summed E-state index contributed by atoms with van der Waals surface area (Å²) in [6, 6.07) is 8.34. The second-order valence-electron chi connectivity index (χ2n) is 5.93. The lowest BCUT2D eigenvalue weighted by Gasteiger charge is -2.18. The molecule has 2 nitrogen and oxygen atoms in total. The fourth-order valence-electron chi connectivity index (χ4n) is 2.58. The van der Waals surface area contributed by atoms with E-state index in [1.54, 1.807) is 0 Å². The van der Waals surface area contributed by atoms with Crippen molar-refractivity contribution in [3.63, 3.8) is 0 Å². The van der Waals surface area contributed by atoms with Crippen LogP contribution in [0.3, 0.4) is 0 Å². The van der Waals surface area contributed by atoms with Crippen molar-refractivity contribution in [3.05, 3.63) is 29.8 Å². The van der Waals surface area contributed by atoms with Gasteiger partial charge in [-0.25, -0.2) is 0 Å². The highest BCUT2D eigenvalue weighted by Crippen LogP contribution is 2.19. The minimum absolute atomic E-state index is 0.699. The first-order chi connectivity index (χ1) is 8.63. The molecule has 0 N–H and O–H groups in total. The Labute approximate surface area is 111 Å². The van der Waals surface area contributed by atoms with E-state index in [-0.39, 0.29) is 0 Å². The molecule has 0 aliphatic carbocycles. The molecule has 0 bridgehead atoms. The predicted octanol–water partition coefficient (Wildman–Crippen LogP) is 3.35. The van der Waals surface area contributed by atoms with E-state index in [9.17, 15) is 0 Å². The van der Waals surface area contributed by atoms with Crippen LogP contribution in [0.25, 0.3) is 0 Å². The summed E-state index contributed by atoms with van der Waals surface area (Å²) in [5, 5.41) is 0. The molecule has 0 aromatic heterocycles. The highest BCUT2D eigenvalue weighted by Gasteiger charge is 2.23. The number of hydrogen-bond acceptors (Lipinski definition) is 2. The van der Waals surface area contributed by atoms with Gasteiger partial charge in [-0.15, -0.1) is 0 Å². The van der Waals surface area contributed by atoms with E-state index in [1.165, 1.54) is 31.6 Å². The van der Waals surface area contributed by atoms with Crippen LogP contribution in [0.5, 0.6) is 5.75 Å². The molecular formula is C16H25NO. The van der Waals surface area contributed by atoms with Gasteiger partial charge in [0.2, 0.25) is 0 Å². The molecule has 1 heterocycles. The first kappa shape index (κ1) is 13.4. The third-order valence-corrected chi connectivity index (χ3v) is 3.50. The maximum atomic E-state index is 5.87. The van der Waals surface area contributed by atoms with Crippen LogP contribution in [-0.4, -0.2) is 31.1 Å². The van der Waals surface area contributed by atoms with Gasteiger partial charge in [-0.05, 0) is 37.9 Å². The molecule has 0 radical (unpaired) electrons. The van der Waals surface area contributed by atoms with Crippen molar-refractivity contribution in [2.24, 2.45) is 11.8 Å². The summed E-state index contributed by atoms with van der Waals surface area (Å²) >= 11 is 0. The molecule has 0 saturated carbocycles. The quantitative estimate of drug-likeness (QED) is 0.791. The third-order valence-electron chi connectivity index (χ3n) is 3.50. The van der Waals surface area contributed by atoms with Gasteiger partial charge in [0.05, 0.1) is 6.61 Å². The Morgan fingerprint density at radius 1 is 1.28 bits per heavy atom. The Balaban J connectivity index is 1.73. The highest BCUT2D eigenvalue weighted by molar-refractivity contribution is 5.26. The van der Waals surface area contributed by atoms with Gasteiger partial charge in [-0.2, -0.15) is 0 Å². The van der Waals surface area contributed by atoms with E-state index in [2.05, 4.69) is 49.9 Å². The Morgan fingerprint density at radius 3 is 2.67 bits per heavy atom. The van der Waals surface area contributed by atoms with Gasteiger partial charge in [-0.3, -0.25) is 0 Å². The lowest BCUT2D eigenvalue weighted by molar-refractivity contribution is 0.233. The monoisotopic (exact) mass is 247 g/mol. The molecule has 1 aromatic carbocycles. The van der Waals surface area contributed by atoms with Crippen LogP contribution in [0, 0.1) is 18.8 Å². The summed E-state index contributed by atoms with van der Waals surface area (Å²) in [7, 11) is 0. The van der Waals surface area contributed by atoms with Gasteiger partial charge in [0, 0.05) is 19.0 Å². The maximum absolute atomic E-state index is 5.87. The van der Waals surface area contributed by atoms with Crippen LogP contribution < -0.4 is 4.74 Å². The van der Waals surface area contributed by atoms with Crippen molar-refractivity contribution in [1.82, 2.24) is 4.90 Å². The Hall–Kier alpha value is -1.02. The lowest BCUT2D eigenvalue weighted by atomic mass is 10.1. The number of rotatable bonds is 5. The van der Waals surface area contributed by atoms with Crippen LogP contribution in [0.1, 0.15) is 25.8 Å². The minimum atomic E-state index is 0.699. The number of nitrogens with zero attached hydrogens (tertiary/aromatic N) is 1. The zero-order valence-electron chi connectivity index (χ0n) is 11.9. The molecule has 1 fully saturated rings. The molecule has 1 aliphatic heterocycles. The molecule has 1 aliphatic rings. The van der Waals surface area contributed by atoms with Crippen molar-refractivity contribution >= 4 is 0 Å². The molecule has 0 unspecified atom stereocenters. The molecule has 2 rings (SSSR count). The molecule has 100 valence electrons. The summed E-state index contributed by atoms with van der Waals surface area (Å²) < 4.78 is 5.87. The zero-order chi connectivity index (χ0) is 13.0. The van der Waals surface area contributed by atoms with Gasteiger partial charge in [0.15, 0.2) is 0 Å². The van der Waals surface area contributed by atoms with E-state index in [1.807, 2.05) is 0 Å². The first-order valence-electron chi connectivity index (χ1n) is 7.05. The second kappa shape index (κ2) is 6.24. The van der Waals surface area contributed by atoms with Gasteiger partial charge in [0.25, 0.3) is 0 Å². The Bertz CT molecular complexity index is 358. The molecule has 1 aromatic rings. The summed E-state index contributed by atoms with van der Waals surface area (Å²) in [5.41, 5.74) is 1.28. The van der Waals surface area contributed by atoms with Crippen LogP contribution in [0.2, 0.25) is 0 Å². The number of likely N-dealkylation sites (tertiary alicyclic amines) is 1. The van der Waals surface area contributed by atoms with Crippen molar-refractivity contribution in [3.8, 4) is 5.75 Å². The minimum Gasteiger partial charge on any atom is -0.493 e. The summed E-state index contributed by atoms with van der Waals surface area (Å²) in [4.78, 5) is 2.56. The SMILES string of the molecule is Cc1ccc(OC[C@H]2CCN(CC(C)C)C2)cc1. The molecule has 1 atom stereocenters. The van der Waals surface area contributed by atoms with Crippen LogP contribution >= 0.6 is 0 Å².